The third-order valence-electron chi connectivity index (χ3n) is 7.66. The predicted octanol–water partition coefficient (Wildman–Crippen LogP) is 1.28. The number of carboxylic acid groups (broad SMARTS) is 1. The molecule has 7 N–H and O–H groups in total. The fourth-order valence-corrected chi connectivity index (χ4v) is 7.20. The van der Waals surface area contributed by atoms with E-state index in [0.717, 1.165) is 11.1 Å². The molecule has 4 rings (SSSR count). The molecule has 4 amide bonds. The summed E-state index contributed by atoms with van der Waals surface area (Å²) < 4.78 is 0. The van der Waals surface area contributed by atoms with E-state index in [1.165, 1.54) is 28.8 Å². The van der Waals surface area contributed by atoms with Crippen molar-refractivity contribution in [1.29, 1.82) is 0 Å². The first-order chi connectivity index (χ1) is 20.9. The average Bonchev–Trinajstić information content (AvgIpc) is 3.39. The van der Waals surface area contributed by atoms with Gasteiger partial charge in [0.1, 0.15) is 23.9 Å². The lowest BCUT2D eigenvalue weighted by atomic mass is 9.97. The molecule has 2 fully saturated rings. The second-order valence-corrected chi connectivity index (χ2v) is 12.9. The number of carbonyl (C=O) groups excluding carboxylic acids is 4. The Morgan fingerprint density at radius 3 is 2.36 bits per heavy atom. The van der Waals surface area contributed by atoms with E-state index in [1.807, 2.05) is 44.2 Å². The molecular formula is C31H39N5O7S. The van der Waals surface area contributed by atoms with E-state index < -0.39 is 65.6 Å². The SMILES string of the molecule is CC(C)C[C@H](NC(=O)[C@@H]1[C@H](c2ccccc2)S[C@H]2CC[C@H](NC(=O)CNC(=O)[C@@H](N)Cc3ccc(O)cc3)C(=O)N21)C(=O)O. The summed E-state index contributed by atoms with van der Waals surface area (Å²) in [5.74, 6) is -3.16. The number of nitrogens with two attached hydrogens (primary N) is 1. The number of piperidine rings is 1. The molecule has 0 bridgehead atoms. The van der Waals surface area contributed by atoms with Crippen molar-refractivity contribution in [2.75, 3.05) is 6.54 Å². The zero-order chi connectivity index (χ0) is 32.0. The molecule has 2 aromatic carbocycles. The predicted molar refractivity (Wildman–Crippen MR) is 164 cm³/mol. The van der Waals surface area contributed by atoms with Gasteiger partial charge in [-0.1, -0.05) is 56.3 Å². The Labute approximate surface area is 260 Å². The average molecular weight is 626 g/mol. The fourth-order valence-electron chi connectivity index (χ4n) is 5.51. The first-order valence-electron chi connectivity index (χ1n) is 14.6. The second kappa shape index (κ2) is 14.6. The van der Waals surface area contributed by atoms with E-state index in [4.69, 9.17) is 5.73 Å². The Morgan fingerprint density at radius 2 is 1.73 bits per heavy atom. The highest BCUT2D eigenvalue weighted by molar-refractivity contribution is 8.00. The van der Waals surface area contributed by atoms with Gasteiger partial charge in [0.25, 0.3) is 0 Å². The maximum atomic E-state index is 13.8. The maximum Gasteiger partial charge on any atom is 0.326 e. The van der Waals surface area contributed by atoms with E-state index in [0.29, 0.717) is 12.8 Å². The molecule has 2 aliphatic rings. The minimum atomic E-state index is -1.15. The number of nitrogens with one attached hydrogen (secondary N) is 3. The summed E-state index contributed by atoms with van der Waals surface area (Å²) >= 11 is 1.48. The molecule has 0 radical (unpaired) electrons. The Balaban J connectivity index is 1.42. The van der Waals surface area contributed by atoms with Crippen molar-refractivity contribution in [3.8, 4) is 5.75 Å². The van der Waals surface area contributed by atoms with Crippen molar-refractivity contribution in [1.82, 2.24) is 20.9 Å². The molecule has 44 heavy (non-hydrogen) atoms. The van der Waals surface area contributed by atoms with Crippen LogP contribution in [0.2, 0.25) is 0 Å². The summed E-state index contributed by atoms with van der Waals surface area (Å²) in [5, 5.41) is 26.2. The summed E-state index contributed by atoms with van der Waals surface area (Å²) in [7, 11) is 0. The van der Waals surface area contributed by atoms with Gasteiger partial charge >= 0.3 is 5.97 Å². The molecule has 12 nitrogen and oxygen atoms in total. The first-order valence-corrected chi connectivity index (χ1v) is 15.5. The van der Waals surface area contributed by atoms with Crippen LogP contribution in [-0.4, -0.2) is 80.8 Å². The van der Waals surface area contributed by atoms with Crippen molar-refractivity contribution in [3.63, 3.8) is 0 Å². The number of hydrogen-bond donors (Lipinski definition) is 6. The lowest BCUT2D eigenvalue weighted by molar-refractivity contribution is -0.148. The van der Waals surface area contributed by atoms with Crippen LogP contribution >= 0.6 is 11.8 Å². The molecular weight excluding hydrogens is 586 g/mol. The van der Waals surface area contributed by atoms with E-state index in [1.54, 1.807) is 12.1 Å². The van der Waals surface area contributed by atoms with Crippen LogP contribution in [0.5, 0.6) is 5.75 Å². The number of carbonyl (C=O) groups is 5. The minimum Gasteiger partial charge on any atom is -0.508 e. The van der Waals surface area contributed by atoms with Gasteiger partial charge in [-0.25, -0.2) is 4.79 Å². The molecule has 2 heterocycles. The number of amides is 4. The van der Waals surface area contributed by atoms with Gasteiger partial charge in [0.2, 0.25) is 23.6 Å². The fraction of sp³-hybridized carbons (Fsp3) is 0.452. The van der Waals surface area contributed by atoms with Crippen LogP contribution in [0, 0.1) is 5.92 Å². The van der Waals surface area contributed by atoms with Crippen LogP contribution in [0.1, 0.15) is 49.5 Å². The highest BCUT2D eigenvalue weighted by Crippen LogP contribution is 2.49. The van der Waals surface area contributed by atoms with Gasteiger partial charge in [0.05, 0.1) is 23.2 Å². The summed E-state index contributed by atoms with van der Waals surface area (Å²) in [6, 6.07) is 11.6. The lowest BCUT2D eigenvalue weighted by Gasteiger charge is -2.37. The van der Waals surface area contributed by atoms with E-state index in [9.17, 15) is 34.2 Å². The zero-order valence-electron chi connectivity index (χ0n) is 24.6. The number of thioether (sulfide) groups is 1. The number of carboxylic acids is 1. The molecule has 236 valence electrons. The molecule has 2 aromatic rings. The molecule has 6 atom stereocenters. The van der Waals surface area contributed by atoms with Gasteiger partial charge in [-0.05, 0) is 54.9 Å². The summed E-state index contributed by atoms with van der Waals surface area (Å²) in [4.78, 5) is 66.1. The zero-order valence-corrected chi connectivity index (χ0v) is 25.5. The van der Waals surface area contributed by atoms with Gasteiger partial charge in [-0.3, -0.25) is 19.2 Å². The molecule has 2 aliphatic heterocycles. The second-order valence-electron chi connectivity index (χ2n) is 11.5. The molecule has 0 spiro atoms. The number of aromatic hydroxyl groups is 1. The largest absolute Gasteiger partial charge is 0.508 e. The van der Waals surface area contributed by atoms with E-state index in [2.05, 4.69) is 16.0 Å². The number of rotatable bonds is 12. The number of phenolic OH excluding ortho intramolecular Hbond substituents is 1. The Kier molecular flexibility index (Phi) is 10.9. The van der Waals surface area contributed by atoms with Crippen LogP contribution < -0.4 is 21.7 Å². The minimum absolute atomic E-state index is 0.0195. The lowest BCUT2D eigenvalue weighted by Crippen LogP contribution is -2.61. The van der Waals surface area contributed by atoms with Crippen molar-refractivity contribution in [2.45, 2.75) is 74.3 Å². The standard InChI is InChI=1S/C31H39N5O7S/c1-17(2)14-23(31(42)43)35-29(40)26-27(19-6-4-3-5-7-19)44-25-13-12-22(30(41)36(25)26)34-24(38)16-33-28(39)21(32)15-18-8-10-20(37)11-9-18/h3-11,17,21-23,25-27,37H,12-16,32H2,1-2H3,(H,33,39)(H,34,38)(H,35,40)(H,42,43)/t21-,22-,23-,25-,26-,27-/m0/s1. The van der Waals surface area contributed by atoms with Crippen LogP contribution in [0.15, 0.2) is 54.6 Å². The molecule has 0 saturated carbocycles. The van der Waals surface area contributed by atoms with Crippen LogP contribution in [0.25, 0.3) is 0 Å². The molecule has 2 saturated heterocycles. The van der Waals surface area contributed by atoms with Crippen LogP contribution in [0.3, 0.4) is 0 Å². The van der Waals surface area contributed by atoms with Gasteiger partial charge in [0.15, 0.2) is 0 Å². The van der Waals surface area contributed by atoms with E-state index >= 15 is 0 Å². The highest BCUT2D eigenvalue weighted by Gasteiger charge is 2.52. The smallest absolute Gasteiger partial charge is 0.326 e. The molecule has 13 heteroatoms. The molecule has 0 aliphatic carbocycles. The van der Waals surface area contributed by atoms with Crippen LogP contribution in [0.4, 0.5) is 0 Å². The number of aliphatic carboxylic acids is 1. The van der Waals surface area contributed by atoms with Crippen molar-refractivity contribution >= 4 is 41.4 Å². The van der Waals surface area contributed by atoms with Gasteiger partial charge < -0.3 is 36.8 Å². The molecule has 0 aromatic heterocycles. The summed E-state index contributed by atoms with van der Waals surface area (Å²) in [5.41, 5.74) is 7.56. The van der Waals surface area contributed by atoms with E-state index in [-0.39, 0.29) is 29.9 Å². The highest BCUT2D eigenvalue weighted by atomic mass is 32.2. The maximum absolute atomic E-state index is 13.8. The summed E-state index contributed by atoms with van der Waals surface area (Å²) in [6.45, 7) is 3.34. The van der Waals surface area contributed by atoms with Gasteiger partial charge in [0, 0.05) is 0 Å². The summed E-state index contributed by atoms with van der Waals surface area (Å²) in [6.07, 6.45) is 1.28. The Bertz CT molecular complexity index is 1360. The van der Waals surface area contributed by atoms with Crippen molar-refractivity contribution in [2.24, 2.45) is 11.7 Å². The number of nitrogens with zero attached hydrogens (tertiary/aromatic N) is 1. The van der Waals surface area contributed by atoms with Gasteiger partial charge in [-0.15, -0.1) is 11.8 Å². The number of fused-ring (bicyclic) bond motifs is 1. The number of hydrogen-bond acceptors (Lipinski definition) is 8. The topological polar surface area (TPSA) is 191 Å². The third-order valence-corrected chi connectivity index (χ3v) is 9.26. The Morgan fingerprint density at radius 1 is 1.05 bits per heavy atom. The first kappa shape index (κ1) is 32.8. The van der Waals surface area contributed by atoms with Gasteiger partial charge in [-0.2, -0.15) is 0 Å². The van der Waals surface area contributed by atoms with Crippen molar-refractivity contribution < 1.29 is 34.2 Å². The van der Waals surface area contributed by atoms with Crippen LogP contribution in [-0.2, 0) is 30.4 Å². The van der Waals surface area contributed by atoms with Crippen molar-refractivity contribution in [3.05, 3.63) is 65.7 Å². The monoisotopic (exact) mass is 625 g/mol. The third kappa shape index (κ3) is 8.08. The molecule has 0 unspecified atom stereocenters. The normalized spacial score (nSPS) is 22.5. The Hall–Kier alpha value is -4.10. The quantitative estimate of drug-likeness (QED) is 0.202. The number of phenols is 1. The number of benzene rings is 2.